The minimum Gasteiger partial charge on any atom is -0.346 e. The van der Waals surface area contributed by atoms with Crippen molar-refractivity contribution in [2.45, 2.75) is 19.9 Å². The molecule has 1 aromatic heterocycles. The fourth-order valence-electron chi connectivity index (χ4n) is 2.21. The molecule has 1 aromatic carbocycles. The first kappa shape index (κ1) is 18.1. The lowest BCUT2D eigenvalue weighted by Crippen LogP contribution is -2.38. The zero-order valence-corrected chi connectivity index (χ0v) is 13.9. The molecule has 0 spiro atoms. The number of nitrogens with zero attached hydrogens (tertiary/aromatic N) is 2. The van der Waals surface area contributed by atoms with E-state index in [2.05, 4.69) is 15.6 Å². The fraction of sp³-hybridized carbons (Fsp3) is 0.235. The van der Waals surface area contributed by atoms with Crippen molar-refractivity contribution >= 4 is 17.5 Å². The molecule has 130 valence electrons. The molecule has 2 N–H and O–H groups in total. The molecule has 25 heavy (non-hydrogen) atoms. The number of nitro benzene ring substituents is 1. The van der Waals surface area contributed by atoms with Crippen molar-refractivity contribution < 1.29 is 14.5 Å². The highest BCUT2D eigenvalue weighted by molar-refractivity contribution is 5.97. The Morgan fingerprint density at radius 3 is 2.68 bits per heavy atom. The van der Waals surface area contributed by atoms with E-state index < -0.39 is 10.8 Å². The Labute approximate surface area is 144 Å². The van der Waals surface area contributed by atoms with E-state index in [9.17, 15) is 19.7 Å². The van der Waals surface area contributed by atoms with E-state index in [0.717, 1.165) is 0 Å². The zero-order valence-electron chi connectivity index (χ0n) is 13.9. The molecule has 0 fully saturated rings. The number of aryl methyl sites for hydroxylation is 1. The average Bonchev–Trinajstić information content (AvgIpc) is 2.60. The van der Waals surface area contributed by atoms with Gasteiger partial charge in [0.05, 0.1) is 23.2 Å². The molecule has 8 heteroatoms. The molecule has 0 bridgehead atoms. The van der Waals surface area contributed by atoms with E-state index in [4.69, 9.17) is 0 Å². The standard InChI is InChI=1S/C17H18N4O4/c1-11-6-7-13(9-15(11)21(24)25)17(23)19-10-16(22)20-12(2)14-5-3-4-8-18-14/h3-9,12H,10H2,1-2H3,(H,19,23)(H,20,22)/t12-/m0/s1. The molecule has 2 aromatic rings. The van der Waals surface area contributed by atoms with Gasteiger partial charge in [0.2, 0.25) is 5.91 Å². The van der Waals surface area contributed by atoms with Gasteiger partial charge >= 0.3 is 0 Å². The summed E-state index contributed by atoms with van der Waals surface area (Å²) in [7, 11) is 0. The molecule has 1 atom stereocenters. The van der Waals surface area contributed by atoms with Crippen LogP contribution in [0.25, 0.3) is 0 Å². The molecule has 2 rings (SSSR count). The summed E-state index contributed by atoms with van der Waals surface area (Å²) < 4.78 is 0. The van der Waals surface area contributed by atoms with Gasteiger partial charge in [-0.3, -0.25) is 24.7 Å². The highest BCUT2D eigenvalue weighted by atomic mass is 16.6. The Balaban J connectivity index is 1.92. The summed E-state index contributed by atoms with van der Waals surface area (Å²) in [6, 6.07) is 9.25. The third kappa shape index (κ3) is 4.84. The molecule has 0 saturated heterocycles. The molecule has 0 aliphatic rings. The second-order valence-electron chi connectivity index (χ2n) is 5.48. The summed E-state index contributed by atoms with van der Waals surface area (Å²) in [5.74, 6) is -0.933. The van der Waals surface area contributed by atoms with Crippen LogP contribution in [0.4, 0.5) is 5.69 Å². The first-order valence-corrected chi connectivity index (χ1v) is 7.62. The summed E-state index contributed by atoms with van der Waals surface area (Å²) in [4.78, 5) is 38.5. The van der Waals surface area contributed by atoms with E-state index in [1.54, 1.807) is 32.2 Å². The summed E-state index contributed by atoms with van der Waals surface area (Å²) in [6.07, 6.45) is 1.63. The normalized spacial score (nSPS) is 11.4. The first-order chi connectivity index (χ1) is 11.9. The molecular weight excluding hydrogens is 324 g/mol. The van der Waals surface area contributed by atoms with Gasteiger partial charge in [-0.15, -0.1) is 0 Å². The van der Waals surface area contributed by atoms with Crippen LogP contribution in [-0.4, -0.2) is 28.3 Å². The van der Waals surface area contributed by atoms with Crippen LogP contribution in [0, 0.1) is 17.0 Å². The molecule has 2 amide bonds. The molecule has 0 radical (unpaired) electrons. The monoisotopic (exact) mass is 342 g/mol. The van der Waals surface area contributed by atoms with E-state index in [0.29, 0.717) is 11.3 Å². The van der Waals surface area contributed by atoms with E-state index in [-0.39, 0.29) is 29.7 Å². The Hall–Kier alpha value is -3.29. The smallest absolute Gasteiger partial charge is 0.273 e. The lowest BCUT2D eigenvalue weighted by Gasteiger charge is -2.13. The van der Waals surface area contributed by atoms with E-state index in [1.165, 1.54) is 18.2 Å². The molecule has 1 heterocycles. The highest BCUT2D eigenvalue weighted by Gasteiger charge is 2.16. The second-order valence-corrected chi connectivity index (χ2v) is 5.48. The summed E-state index contributed by atoms with van der Waals surface area (Å²) in [5.41, 5.74) is 1.16. The average molecular weight is 342 g/mol. The topological polar surface area (TPSA) is 114 Å². The quantitative estimate of drug-likeness (QED) is 0.615. The van der Waals surface area contributed by atoms with Gasteiger partial charge in [0.1, 0.15) is 0 Å². The van der Waals surface area contributed by atoms with Crippen molar-refractivity contribution in [2.24, 2.45) is 0 Å². The maximum atomic E-state index is 12.1. The number of rotatable bonds is 6. The largest absolute Gasteiger partial charge is 0.346 e. The third-order valence-electron chi connectivity index (χ3n) is 3.59. The molecule has 0 aliphatic heterocycles. The van der Waals surface area contributed by atoms with Crippen LogP contribution in [0.5, 0.6) is 0 Å². The predicted octanol–water partition coefficient (Wildman–Crippen LogP) is 1.91. The lowest BCUT2D eigenvalue weighted by molar-refractivity contribution is -0.385. The Bertz CT molecular complexity index is 792. The van der Waals surface area contributed by atoms with Gasteiger partial charge in [0.15, 0.2) is 0 Å². The number of pyridine rings is 1. The predicted molar refractivity (Wildman–Crippen MR) is 91.0 cm³/mol. The Kier molecular flexibility index (Phi) is 5.78. The van der Waals surface area contributed by atoms with Gasteiger partial charge < -0.3 is 10.6 Å². The molecule has 0 aliphatic carbocycles. The highest BCUT2D eigenvalue weighted by Crippen LogP contribution is 2.19. The zero-order chi connectivity index (χ0) is 18.4. The molecule has 0 saturated carbocycles. The summed E-state index contributed by atoms with van der Waals surface area (Å²) in [5, 5.41) is 16.1. The van der Waals surface area contributed by atoms with Gasteiger partial charge in [0, 0.05) is 23.4 Å². The maximum absolute atomic E-state index is 12.1. The van der Waals surface area contributed by atoms with Gasteiger partial charge in [-0.25, -0.2) is 0 Å². The maximum Gasteiger partial charge on any atom is 0.273 e. The lowest BCUT2D eigenvalue weighted by atomic mass is 10.1. The van der Waals surface area contributed by atoms with Crippen molar-refractivity contribution in [3.8, 4) is 0 Å². The third-order valence-corrected chi connectivity index (χ3v) is 3.59. The van der Waals surface area contributed by atoms with Crippen LogP contribution < -0.4 is 10.6 Å². The summed E-state index contributed by atoms with van der Waals surface area (Å²) >= 11 is 0. The summed E-state index contributed by atoms with van der Waals surface area (Å²) in [6.45, 7) is 3.13. The van der Waals surface area contributed by atoms with Crippen LogP contribution >= 0.6 is 0 Å². The number of benzene rings is 1. The van der Waals surface area contributed by atoms with Gasteiger partial charge in [-0.1, -0.05) is 12.1 Å². The van der Waals surface area contributed by atoms with Gasteiger partial charge in [0.25, 0.3) is 11.6 Å². The molecular formula is C17H18N4O4. The number of aromatic nitrogens is 1. The Morgan fingerprint density at radius 1 is 1.28 bits per heavy atom. The van der Waals surface area contributed by atoms with Crippen molar-refractivity contribution in [3.05, 3.63) is 69.5 Å². The number of carbonyl (C=O) groups excluding carboxylic acids is 2. The van der Waals surface area contributed by atoms with Crippen LogP contribution in [0.2, 0.25) is 0 Å². The fourth-order valence-corrected chi connectivity index (χ4v) is 2.21. The van der Waals surface area contributed by atoms with Crippen LogP contribution in [0.1, 0.15) is 34.6 Å². The van der Waals surface area contributed by atoms with E-state index in [1.807, 2.05) is 6.07 Å². The minimum atomic E-state index is -0.552. The molecule has 8 nitrogen and oxygen atoms in total. The van der Waals surface area contributed by atoms with Crippen LogP contribution in [-0.2, 0) is 4.79 Å². The number of hydrogen-bond donors (Lipinski definition) is 2. The number of amides is 2. The van der Waals surface area contributed by atoms with Crippen molar-refractivity contribution in [1.82, 2.24) is 15.6 Å². The number of hydrogen-bond acceptors (Lipinski definition) is 5. The van der Waals surface area contributed by atoms with Crippen molar-refractivity contribution in [3.63, 3.8) is 0 Å². The van der Waals surface area contributed by atoms with E-state index >= 15 is 0 Å². The van der Waals surface area contributed by atoms with Crippen molar-refractivity contribution in [2.75, 3.05) is 6.54 Å². The number of nitrogens with one attached hydrogen (secondary N) is 2. The van der Waals surface area contributed by atoms with Gasteiger partial charge in [-0.05, 0) is 32.0 Å². The minimum absolute atomic E-state index is 0.128. The van der Waals surface area contributed by atoms with Crippen LogP contribution in [0.3, 0.4) is 0 Å². The number of nitro groups is 1. The SMILES string of the molecule is Cc1ccc(C(=O)NCC(=O)N[C@@H](C)c2ccccn2)cc1[N+](=O)[O-]. The Morgan fingerprint density at radius 2 is 2.04 bits per heavy atom. The number of carbonyl (C=O) groups is 2. The molecule has 0 unspecified atom stereocenters. The van der Waals surface area contributed by atoms with Crippen molar-refractivity contribution in [1.29, 1.82) is 0 Å². The van der Waals surface area contributed by atoms with Gasteiger partial charge in [-0.2, -0.15) is 0 Å². The van der Waals surface area contributed by atoms with Crippen LogP contribution in [0.15, 0.2) is 42.6 Å². The second kappa shape index (κ2) is 8.00. The first-order valence-electron chi connectivity index (χ1n) is 7.62.